The van der Waals surface area contributed by atoms with Crippen LogP contribution in [0.1, 0.15) is 63.2 Å². The maximum atomic E-state index is 13.2. The Hall–Kier alpha value is -6.67. The molecule has 2 bridgehead atoms. The van der Waals surface area contributed by atoms with Gasteiger partial charge in [-0.1, -0.05) is 72.8 Å². The number of amides is 1. The number of benzene rings is 5. The number of H-pyrrole nitrogens is 1. The number of carbonyl (C=O) groups is 2. The first kappa shape index (κ1) is 43.0. The molecule has 3 aliphatic heterocycles. The molecule has 5 N–H and O–H groups in total. The number of nitrogens with zero attached hydrogens (tertiary/aromatic N) is 2. The summed E-state index contributed by atoms with van der Waals surface area (Å²) in [7, 11) is 1.93. The van der Waals surface area contributed by atoms with Crippen LogP contribution >= 0.6 is 0 Å². The van der Waals surface area contributed by atoms with Crippen LogP contribution in [0.5, 0.6) is 11.5 Å². The number of piperidine rings is 3. The van der Waals surface area contributed by atoms with Crippen molar-refractivity contribution in [3.63, 3.8) is 0 Å². The fourth-order valence-electron chi connectivity index (χ4n) is 8.39. The minimum absolute atomic E-state index is 0.0498. The van der Waals surface area contributed by atoms with Crippen molar-refractivity contribution in [1.29, 1.82) is 0 Å². The molecule has 63 heavy (non-hydrogen) atoms. The van der Waals surface area contributed by atoms with Crippen LogP contribution in [-0.4, -0.2) is 84.6 Å². The van der Waals surface area contributed by atoms with Gasteiger partial charge in [0.1, 0.15) is 30.8 Å². The third-order valence-corrected chi connectivity index (χ3v) is 12.0. The Bertz CT molecular complexity index is 2540. The van der Waals surface area contributed by atoms with Crippen molar-refractivity contribution >= 4 is 28.7 Å². The molecule has 3 saturated heterocycles. The molecule has 326 valence electrons. The number of hydrogen-bond acceptors (Lipinski definition) is 11. The number of aliphatic hydroxyl groups excluding tert-OH is 1. The number of ether oxygens (including phenoxy) is 3. The van der Waals surface area contributed by atoms with Crippen LogP contribution in [0.2, 0.25) is 0 Å². The Labute approximate surface area is 366 Å². The summed E-state index contributed by atoms with van der Waals surface area (Å²) in [6.45, 7) is 4.72. The number of carbonyl (C=O) groups excluding carboxylic acids is 2. The van der Waals surface area contributed by atoms with Gasteiger partial charge in [-0.15, -0.1) is 0 Å². The fourth-order valence-corrected chi connectivity index (χ4v) is 8.39. The molecule has 9 rings (SSSR count). The Morgan fingerprint density at radius 1 is 0.873 bits per heavy atom. The van der Waals surface area contributed by atoms with E-state index in [-0.39, 0.29) is 37.2 Å². The largest absolute Gasteiger partial charge is 0.506 e. The van der Waals surface area contributed by atoms with Crippen molar-refractivity contribution in [3.05, 3.63) is 171 Å². The van der Waals surface area contributed by atoms with Crippen molar-refractivity contribution in [2.45, 2.75) is 44.2 Å². The Morgan fingerprint density at radius 2 is 1.62 bits per heavy atom. The second-order valence-corrected chi connectivity index (χ2v) is 16.3. The maximum Gasteiger partial charge on any atom is 0.408 e. The van der Waals surface area contributed by atoms with E-state index in [2.05, 4.69) is 20.5 Å². The predicted molar refractivity (Wildman–Crippen MR) is 241 cm³/mol. The summed E-state index contributed by atoms with van der Waals surface area (Å²) in [5.74, 6) is 0.607. The molecule has 3 atom stereocenters. The Balaban J connectivity index is 0.775. The van der Waals surface area contributed by atoms with Gasteiger partial charge in [-0.2, -0.15) is 0 Å². The van der Waals surface area contributed by atoms with Crippen LogP contribution in [0.3, 0.4) is 0 Å². The number of alkyl carbamates (subject to hydrolysis) is 1. The number of fused-ring (bicyclic) bond motifs is 4. The lowest BCUT2D eigenvalue weighted by molar-refractivity contribution is -0.0336. The molecule has 0 aliphatic carbocycles. The minimum atomic E-state index is -0.851. The zero-order valence-electron chi connectivity index (χ0n) is 35.2. The standard InChI is InChI=1S/C50H53N5O8/c1-54(39-16-12-33(13-17-39)29-51-30-44(57)41-18-20-43(56)48-42(41)19-21-46(58)52-48)26-27-61-49(59)37-14-10-34(11-15-37)32-62-40-9-5-8-38(28-40)47(36-6-3-2-4-7-36)53-50(60)63-45-31-55-24-22-35(45)23-25-55/h2-21,28,35,44-45,47,51,56-57H,22-27,29-32H2,1H3,(H,52,58)(H,53,60)/t44-,45+,47?/m1/s1. The van der Waals surface area contributed by atoms with Crippen molar-refractivity contribution < 1.29 is 34.0 Å². The first-order chi connectivity index (χ1) is 30.7. The summed E-state index contributed by atoms with van der Waals surface area (Å²) in [6, 6.07) is 38.3. The first-order valence-electron chi connectivity index (χ1n) is 21.4. The number of aromatic amines is 1. The van der Waals surface area contributed by atoms with Crippen molar-refractivity contribution in [2.24, 2.45) is 5.92 Å². The third kappa shape index (κ3) is 10.9. The van der Waals surface area contributed by atoms with Crippen LogP contribution in [0, 0.1) is 5.92 Å². The highest BCUT2D eigenvalue weighted by molar-refractivity contribution is 5.89. The summed E-state index contributed by atoms with van der Waals surface area (Å²) in [4.78, 5) is 44.9. The lowest BCUT2D eigenvalue weighted by atomic mass is 9.86. The summed E-state index contributed by atoms with van der Waals surface area (Å²) < 4.78 is 17.8. The SMILES string of the molecule is CN(CCOC(=O)c1ccc(COc2cccc(C(NC(=O)O[C@H]3CN4CCC3CC4)c3ccccc3)c2)cc1)c1ccc(CNC[C@@H](O)c2ccc(O)c3[nH]c(=O)ccc23)cc1. The van der Waals surface area contributed by atoms with Crippen LogP contribution in [0.4, 0.5) is 10.5 Å². The summed E-state index contributed by atoms with van der Waals surface area (Å²) >= 11 is 0. The van der Waals surface area contributed by atoms with Gasteiger partial charge in [0.25, 0.3) is 0 Å². The van der Waals surface area contributed by atoms with Gasteiger partial charge < -0.3 is 44.9 Å². The lowest BCUT2D eigenvalue weighted by Crippen LogP contribution is -2.52. The van der Waals surface area contributed by atoms with E-state index in [1.165, 1.54) is 12.1 Å². The van der Waals surface area contributed by atoms with Crippen LogP contribution in [0.15, 0.2) is 132 Å². The van der Waals surface area contributed by atoms with Gasteiger partial charge in [-0.25, -0.2) is 9.59 Å². The third-order valence-electron chi connectivity index (χ3n) is 12.0. The van der Waals surface area contributed by atoms with Crippen molar-refractivity contribution in [3.8, 4) is 11.5 Å². The second-order valence-electron chi connectivity index (χ2n) is 16.3. The normalized spacial score (nSPS) is 17.7. The molecule has 1 aromatic heterocycles. The Morgan fingerprint density at radius 3 is 2.37 bits per heavy atom. The average molecular weight is 852 g/mol. The fraction of sp³-hybridized carbons (Fsp3) is 0.300. The molecule has 13 nitrogen and oxygen atoms in total. The van der Waals surface area contributed by atoms with E-state index < -0.39 is 24.2 Å². The number of rotatable bonds is 17. The monoisotopic (exact) mass is 851 g/mol. The highest BCUT2D eigenvalue weighted by Gasteiger charge is 2.37. The highest BCUT2D eigenvalue weighted by Crippen LogP contribution is 2.32. The van der Waals surface area contributed by atoms with E-state index >= 15 is 0 Å². The van der Waals surface area contributed by atoms with Gasteiger partial charge in [0.05, 0.1) is 29.8 Å². The maximum absolute atomic E-state index is 13.2. The van der Waals surface area contributed by atoms with E-state index in [4.69, 9.17) is 14.2 Å². The number of nitrogens with one attached hydrogen (secondary N) is 3. The number of pyridine rings is 1. The molecule has 1 unspecified atom stereocenters. The van der Waals surface area contributed by atoms with E-state index in [1.54, 1.807) is 24.3 Å². The van der Waals surface area contributed by atoms with Crippen LogP contribution < -0.4 is 25.8 Å². The summed E-state index contributed by atoms with van der Waals surface area (Å²) in [5, 5.41) is 28.0. The van der Waals surface area contributed by atoms with Gasteiger partial charge >= 0.3 is 12.1 Å². The molecule has 0 spiro atoms. The number of esters is 1. The zero-order chi connectivity index (χ0) is 43.7. The van der Waals surface area contributed by atoms with Gasteiger partial charge in [-0.3, -0.25) is 9.69 Å². The molecule has 4 heterocycles. The topological polar surface area (TPSA) is 166 Å². The molecule has 3 fully saturated rings. The number of anilines is 1. The molecule has 3 aliphatic rings. The van der Waals surface area contributed by atoms with E-state index in [0.717, 1.165) is 60.4 Å². The molecule has 13 heteroatoms. The van der Waals surface area contributed by atoms with E-state index in [1.807, 2.05) is 103 Å². The van der Waals surface area contributed by atoms with Crippen molar-refractivity contribution in [2.75, 3.05) is 51.3 Å². The first-order valence-corrected chi connectivity index (χ1v) is 21.4. The number of aliphatic hydroxyl groups is 1. The van der Waals surface area contributed by atoms with Gasteiger partial charge in [0, 0.05) is 43.8 Å². The van der Waals surface area contributed by atoms with Gasteiger partial charge in [0.15, 0.2) is 0 Å². The molecule has 6 aromatic rings. The molecule has 0 radical (unpaired) electrons. The highest BCUT2D eigenvalue weighted by atomic mass is 16.6. The zero-order valence-corrected chi connectivity index (χ0v) is 35.2. The molecular formula is C50H53N5O8. The molecule has 1 amide bonds. The Kier molecular flexibility index (Phi) is 13.7. The quantitative estimate of drug-likeness (QED) is 0.0611. The second kappa shape index (κ2) is 20.0. The number of phenolic OH excluding ortho intramolecular Hbond substituents is 1. The predicted octanol–water partition coefficient (Wildman–Crippen LogP) is 6.84. The van der Waals surface area contributed by atoms with Gasteiger partial charge in [-0.05, 0) is 108 Å². The molecular weight excluding hydrogens is 799 g/mol. The summed E-state index contributed by atoms with van der Waals surface area (Å²) in [5.41, 5.74) is 5.70. The van der Waals surface area contributed by atoms with E-state index in [0.29, 0.717) is 46.8 Å². The number of phenols is 1. The number of aromatic nitrogens is 1. The molecule has 0 saturated carbocycles. The van der Waals surface area contributed by atoms with Crippen molar-refractivity contribution in [1.82, 2.24) is 20.5 Å². The minimum Gasteiger partial charge on any atom is -0.506 e. The van der Waals surface area contributed by atoms with Crippen LogP contribution in [0.25, 0.3) is 10.9 Å². The van der Waals surface area contributed by atoms with Gasteiger partial charge in [0.2, 0.25) is 5.56 Å². The number of hydrogen-bond donors (Lipinski definition) is 5. The summed E-state index contributed by atoms with van der Waals surface area (Å²) in [6.07, 6.45) is 0.768. The molecule has 5 aromatic carbocycles. The lowest BCUT2D eigenvalue weighted by Gasteiger charge is -2.43. The number of aromatic hydroxyl groups is 1. The smallest absolute Gasteiger partial charge is 0.408 e. The number of likely N-dealkylation sites (N-methyl/N-ethyl adjacent to an activating group) is 1. The van der Waals surface area contributed by atoms with Crippen LogP contribution in [-0.2, 0) is 22.6 Å². The average Bonchev–Trinajstić information content (AvgIpc) is 3.31. The van der Waals surface area contributed by atoms with E-state index in [9.17, 15) is 24.6 Å².